The summed E-state index contributed by atoms with van der Waals surface area (Å²) in [5, 5.41) is 5.40. The fraction of sp³-hybridized carbons (Fsp3) is 0.0909. The highest BCUT2D eigenvalue weighted by molar-refractivity contribution is 6.31. The minimum atomic E-state index is -0.460. The number of nitrogens with zero attached hydrogens (tertiary/aromatic N) is 1. The molecule has 1 aromatic heterocycles. The smallest absolute Gasteiger partial charge is 0.338 e. The molecule has 4 nitrogen and oxygen atoms in total. The zero-order valence-electron chi connectivity index (χ0n) is 14.6. The summed E-state index contributed by atoms with van der Waals surface area (Å²) in [6.07, 6.45) is -0.460. The lowest BCUT2D eigenvalue weighted by molar-refractivity contribution is 0.0338. The molecule has 0 radical (unpaired) electrons. The van der Waals surface area contributed by atoms with E-state index >= 15 is 0 Å². The van der Waals surface area contributed by atoms with Gasteiger partial charge >= 0.3 is 5.97 Å². The molecule has 0 spiro atoms. The quantitative estimate of drug-likeness (QED) is 0.405. The Morgan fingerprint density at radius 2 is 1.78 bits per heavy atom. The van der Waals surface area contributed by atoms with Crippen LogP contribution >= 0.6 is 11.6 Å². The van der Waals surface area contributed by atoms with Crippen molar-refractivity contribution in [3.63, 3.8) is 0 Å². The molecule has 0 fully saturated rings. The first-order valence-corrected chi connectivity index (χ1v) is 8.91. The van der Waals surface area contributed by atoms with Crippen LogP contribution in [0.3, 0.4) is 0 Å². The number of fused-ring (bicyclic) bond motifs is 1. The maximum Gasteiger partial charge on any atom is 0.338 e. The number of carbonyl (C=O) groups is 1. The van der Waals surface area contributed by atoms with Crippen LogP contribution in [0.15, 0.2) is 77.3 Å². The third kappa shape index (κ3) is 3.44. The summed E-state index contributed by atoms with van der Waals surface area (Å²) in [5.74, 6) is 0.198. The molecule has 0 amide bonds. The van der Waals surface area contributed by atoms with Crippen LogP contribution in [-0.4, -0.2) is 11.1 Å². The Bertz CT molecular complexity index is 1100. The molecule has 0 N–H and O–H groups in total. The number of carbonyl (C=O) groups excluding carboxylic acids is 1. The van der Waals surface area contributed by atoms with Gasteiger partial charge < -0.3 is 9.26 Å². The van der Waals surface area contributed by atoms with E-state index in [1.165, 1.54) is 0 Å². The molecule has 4 aromatic rings. The van der Waals surface area contributed by atoms with Crippen molar-refractivity contribution in [2.24, 2.45) is 0 Å². The Hall–Kier alpha value is -3.11. The lowest BCUT2D eigenvalue weighted by atomic mass is 10.1. The van der Waals surface area contributed by atoms with E-state index in [-0.39, 0.29) is 0 Å². The van der Waals surface area contributed by atoms with Crippen molar-refractivity contribution >= 4 is 28.5 Å². The van der Waals surface area contributed by atoms with Crippen molar-refractivity contribution in [2.45, 2.75) is 13.0 Å². The molecule has 1 atom stereocenters. The molecule has 1 heterocycles. The van der Waals surface area contributed by atoms with Crippen LogP contribution in [0.1, 0.15) is 28.9 Å². The zero-order valence-corrected chi connectivity index (χ0v) is 15.3. The van der Waals surface area contributed by atoms with Crippen LogP contribution in [0.2, 0.25) is 5.02 Å². The monoisotopic (exact) mass is 377 g/mol. The van der Waals surface area contributed by atoms with Crippen LogP contribution in [0.25, 0.3) is 22.2 Å². The number of esters is 1. The van der Waals surface area contributed by atoms with Crippen molar-refractivity contribution in [3.8, 4) is 11.3 Å². The van der Waals surface area contributed by atoms with E-state index in [1.54, 1.807) is 31.2 Å². The summed E-state index contributed by atoms with van der Waals surface area (Å²) < 4.78 is 11.1. The second kappa shape index (κ2) is 7.25. The van der Waals surface area contributed by atoms with E-state index < -0.39 is 12.1 Å². The van der Waals surface area contributed by atoms with Gasteiger partial charge in [0.1, 0.15) is 11.6 Å². The summed E-state index contributed by atoms with van der Waals surface area (Å²) in [5.41, 5.74) is 2.78. The van der Waals surface area contributed by atoms with Gasteiger partial charge in [-0.2, -0.15) is 0 Å². The Balaban J connectivity index is 1.64. The predicted octanol–water partition coefficient (Wildman–Crippen LogP) is 6.07. The minimum absolute atomic E-state index is 0.426. The minimum Gasteiger partial charge on any atom is -0.454 e. The molecular weight excluding hydrogens is 362 g/mol. The van der Waals surface area contributed by atoms with Crippen molar-refractivity contribution in [3.05, 3.63) is 88.9 Å². The number of benzene rings is 3. The first kappa shape index (κ1) is 17.3. The maximum absolute atomic E-state index is 12.6. The van der Waals surface area contributed by atoms with E-state index in [9.17, 15) is 4.79 Å². The van der Waals surface area contributed by atoms with Crippen LogP contribution < -0.4 is 0 Å². The van der Waals surface area contributed by atoms with Gasteiger partial charge in [0.05, 0.1) is 10.9 Å². The summed E-state index contributed by atoms with van der Waals surface area (Å²) >= 11 is 6.19. The number of hydrogen-bond acceptors (Lipinski definition) is 4. The van der Waals surface area contributed by atoms with Crippen LogP contribution in [0.5, 0.6) is 0 Å². The number of hydrogen-bond donors (Lipinski definition) is 0. The third-order valence-corrected chi connectivity index (χ3v) is 4.72. The van der Waals surface area contributed by atoms with E-state index in [4.69, 9.17) is 20.9 Å². The van der Waals surface area contributed by atoms with Crippen LogP contribution in [-0.2, 0) is 4.74 Å². The highest BCUT2D eigenvalue weighted by Crippen LogP contribution is 2.30. The fourth-order valence-corrected chi connectivity index (χ4v) is 3.25. The SMILES string of the molecule is C[C@@H](OC(=O)c1ccc2noc(-c3ccccc3)c2c1)c1ccccc1Cl. The molecular formula is C22H16ClNO3. The van der Waals surface area contributed by atoms with Gasteiger partial charge in [0.25, 0.3) is 0 Å². The standard InChI is InChI=1S/C22H16ClNO3/c1-14(17-9-5-6-10-19(17)23)26-22(25)16-11-12-20-18(13-16)21(27-24-20)15-7-3-2-4-8-15/h2-14H,1H3/t14-/m1/s1. The molecule has 0 unspecified atom stereocenters. The Morgan fingerprint density at radius 3 is 2.56 bits per heavy atom. The molecule has 5 heteroatoms. The Morgan fingerprint density at radius 1 is 1.04 bits per heavy atom. The predicted molar refractivity (Wildman–Crippen MR) is 105 cm³/mol. The molecule has 0 aliphatic heterocycles. The lowest BCUT2D eigenvalue weighted by Crippen LogP contribution is -2.09. The molecule has 0 saturated carbocycles. The molecule has 0 aliphatic rings. The highest BCUT2D eigenvalue weighted by Gasteiger charge is 2.18. The lowest BCUT2D eigenvalue weighted by Gasteiger charge is -2.15. The second-order valence-electron chi connectivity index (χ2n) is 6.18. The van der Waals surface area contributed by atoms with Gasteiger partial charge in [0.2, 0.25) is 0 Å². The van der Waals surface area contributed by atoms with Crippen molar-refractivity contribution in [1.29, 1.82) is 0 Å². The Labute approximate surface area is 161 Å². The number of aromatic nitrogens is 1. The van der Waals surface area contributed by atoms with E-state index in [0.29, 0.717) is 21.9 Å². The van der Waals surface area contributed by atoms with Crippen molar-refractivity contribution in [2.75, 3.05) is 0 Å². The average molecular weight is 378 g/mol. The van der Waals surface area contributed by atoms with Gasteiger partial charge in [-0.15, -0.1) is 0 Å². The number of halogens is 1. The van der Waals surface area contributed by atoms with Gasteiger partial charge in [-0.1, -0.05) is 65.3 Å². The third-order valence-electron chi connectivity index (χ3n) is 4.38. The normalized spacial score (nSPS) is 12.1. The molecule has 0 saturated heterocycles. The van der Waals surface area contributed by atoms with E-state index in [0.717, 1.165) is 16.5 Å². The maximum atomic E-state index is 12.6. The molecule has 0 aliphatic carbocycles. The summed E-state index contributed by atoms with van der Waals surface area (Å²) in [7, 11) is 0. The van der Waals surface area contributed by atoms with Gasteiger partial charge in [0, 0.05) is 16.1 Å². The molecule has 27 heavy (non-hydrogen) atoms. The first-order chi connectivity index (χ1) is 13.1. The van der Waals surface area contributed by atoms with E-state index in [2.05, 4.69) is 5.16 Å². The summed E-state index contributed by atoms with van der Waals surface area (Å²) in [6, 6.07) is 22.1. The van der Waals surface area contributed by atoms with Crippen molar-refractivity contribution in [1.82, 2.24) is 5.16 Å². The average Bonchev–Trinajstić information content (AvgIpc) is 3.12. The van der Waals surface area contributed by atoms with Gasteiger partial charge in [-0.3, -0.25) is 0 Å². The molecule has 4 rings (SSSR count). The number of rotatable bonds is 4. The zero-order chi connectivity index (χ0) is 18.8. The van der Waals surface area contributed by atoms with E-state index in [1.807, 2.05) is 48.5 Å². The van der Waals surface area contributed by atoms with Crippen molar-refractivity contribution < 1.29 is 14.1 Å². The van der Waals surface area contributed by atoms with Crippen LogP contribution in [0, 0.1) is 0 Å². The van der Waals surface area contributed by atoms with Crippen LogP contribution in [0.4, 0.5) is 0 Å². The largest absolute Gasteiger partial charge is 0.454 e. The second-order valence-corrected chi connectivity index (χ2v) is 6.59. The van der Waals surface area contributed by atoms with Gasteiger partial charge in [-0.25, -0.2) is 4.79 Å². The molecule has 0 bridgehead atoms. The Kier molecular flexibility index (Phi) is 4.65. The fourth-order valence-electron chi connectivity index (χ4n) is 2.96. The van der Waals surface area contributed by atoms with Gasteiger partial charge in [-0.05, 0) is 31.2 Å². The molecule has 134 valence electrons. The summed E-state index contributed by atoms with van der Waals surface area (Å²) in [6.45, 7) is 1.80. The topological polar surface area (TPSA) is 52.3 Å². The highest BCUT2D eigenvalue weighted by atomic mass is 35.5. The first-order valence-electron chi connectivity index (χ1n) is 8.54. The molecule has 3 aromatic carbocycles. The summed E-state index contributed by atoms with van der Waals surface area (Å²) in [4.78, 5) is 12.6. The van der Waals surface area contributed by atoms with Gasteiger partial charge in [0.15, 0.2) is 5.76 Å². The number of ether oxygens (including phenoxy) is 1.